The maximum Gasteiger partial charge on any atom is 0.241 e. The molecule has 0 aliphatic rings. The number of nitrogens with zero attached hydrogens (tertiary/aromatic N) is 3. The van der Waals surface area contributed by atoms with Crippen LogP contribution in [-0.4, -0.2) is 20.7 Å². The molecule has 2 heterocycles. The highest BCUT2D eigenvalue weighted by molar-refractivity contribution is 5.78. The lowest BCUT2D eigenvalue weighted by atomic mass is 10.2. The van der Waals surface area contributed by atoms with E-state index in [1.54, 1.807) is 36.4 Å². The molecule has 0 saturated carbocycles. The lowest BCUT2D eigenvalue weighted by molar-refractivity contribution is -0.120. The van der Waals surface area contributed by atoms with Crippen molar-refractivity contribution in [1.29, 1.82) is 0 Å². The first-order valence-electron chi connectivity index (χ1n) is 4.92. The molecule has 2 N–H and O–H groups in total. The van der Waals surface area contributed by atoms with Crippen molar-refractivity contribution >= 4 is 5.91 Å². The van der Waals surface area contributed by atoms with E-state index in [-0.39, 0.29) is 0 Å². The number of pyridine rings is 1. The van der Waals surface area contributed by atoms with Gasteiger partial charge in [0.25, 0.3) is 0 Å². The molecule has 2 aromatic heterocycles. The fourth-order valence-electron chi connectivity index (χ4n) is 1.36. The summed E-state index contributed by atoms with van der Waals surface area (Å²) in [6, 6.07) is 3.35. The highest BCUT2D eigenvalue weighted by Crippen LogP contribution is 2.18. The van der Waals surface area contributed by atoms with Crippen molar-refractivity contribution in [3.8, 4) is 11.1 Å². The monoisotopic (exact) mass is 216 g/mol. The highest BCUT2D eigenvalue weighted by atomic mass is 16.1. The van der Waals surface area contributed by atoms with Gasteiger partial charge in [0.2, 0.25) is 5.91 Å². The van der Waals surface area contributed by atoms with Gasteiger partial charge in [-0.2, -0.15) is 5.10 Å². The lowest BCUT2D eigenvalue weighted by Gasteiger charge is -2.06. The molecule has 0 fully saturated rings. The zero-order valence-electron chi connectivity index (χ0n) is 8.87. The molecule has 1 unspecified atom stereocenters. The van der Waals surface area contributed by atoms with E-state index in [2.05, 4.69) is 10.1 Å². The smallest absolute Gasteiger partial charge is 0.241 e. The number of primary amides is 1. The second kappa shape index (κ2) is 4.14. The molecule has 0 aromatic carbocycles. The first-order chi connectivity index (χ1) is 7.68. The summed E-state index contributed by atoms with van der Waals surface area (Å²) in [6.07, 6.45) is 6.93. The van der Waals surface area contributed by atoms with Crippen LogP contribution in [0.3, 0.4) is 0 Å². The van der Waals surface area contributed by atoms with Crippen molar-refractivity contribution < 1.29 is 4.79 Å². The molecule has 2 rings (SSSR count). The molecule has 0 saturated heterocycles. The first kappa shape index (κ1) is 10.4. The van der Waals surface area contributed by atoms with Crippen molar-refractivity contribution in [3.05, 3.63) is 36.9 Å². The van der Waals surface area contributed by atoms with Crippen molar-refractivity contribution in [1.82, 2.24) is 14.8 Å². The molecule has 0 radical (unpaired) electrons. The molecular formula is C11H12N4O. The summed E-state index contributed by atoms with van der Waals surface area (Å²) < 4.78 is 1.55. The van der Waals surface area contributed by atoms with Crippen molar-refractivity contribution in [2.75, 3.05) is 0 Å². The largest absolute Gasteiger partial charge is 0.368 e. The molecule has 16 heavy (non-hydrogen) atoms. The van der Waals surface area contributed by atoms with Crippen molar-refractivity contribution in [3.63, 3.8) is 0 Å². The maximum absolute atomic E-state index is 11.0. The van der Waals surface area contributed by atoms with Crippen LogP contribution in [0.4, 0.5) is 0 Å². The first-order valence-corrected chi connectivity index (χ1v) is 4.92. The topological polar surface area (TPSA) is 73.8 Å². The standard InChI is InChI=1S/C11H12N4O/c1-8(11(12)16)15-7-10(6-14-15)9-3-2-4-13-5-9/h2-8H,1H3,(H2,12,16). The second-order valence-corrected chi connectivity index (χ2v) is 3.53. The Morgan fingerprint density at radius 3 is 2.88 bits per heavy atom. The maximum atomic E-state index is 11.0. The number of carbonyl (C=O) groups excluding carboxylic acids is 1. The Kier molecular flexibility index (Phi) is 2.68. The highest BCUT2D eigenvalue weighted by Gasteiger charge is 2.12. The number of carbonyl (C=O) groups is 1. The summed E-state index contributed by atoms with van der Waals surface area (Å²) in [5.74, 6) is -0.402. The van der Waals surface area contributed by atoms with Gasteiger partial charge in [0.15, 0.2) is 0 Å². The van der Waals surface area contributed by atoms with Gasteiger partial charge >= 0.3 is 0 Å². The van der Waals surface area contributed by atoms with E-state index in [1.165, 1.54) is 0 Å². The Hall–Kier alpha value is -2.17. The Morgan fingerprint density at radius 2 is 2.25 bits per heavy atom. The van der Waals surface area contributed by atoms with Crippen LogP contribution in [0.5, 0.6) is 0 Å². The van der Waals surface area contributed by atoms with E-state index in [4.69, 9.17) is 5.73 Å². The fraction of sp³-hybridized carbons (Fsp3) is 0.182. The normalized spacial score (nSPS) is 12.3. The number of nitrogens with two attached hydrogens (primary N) is 1. The van der Waals surface area contributed by atoms with Crippen LogP contribution in [0.15, 0.2) is 36.9 Å². The van der Waals surface area contributed by atoms with Crippen molar-refractivity contribution in [2.45, 2.75) is 13.0 Å². The Balaban J connectivity index is 2.30. The van der Waals surface area contributed by atoms with Crippen LogP contribution < -0.4 is 5.73 Å². The van der Waals surface area contributed by atoms with E-state index < -0.39 is 11.9 Å². The summed E-state index contributed by atoms with van der Waals surface area (Å²) in [4.78, 5) is 15.0. The van der Waals surface area contributed by atoms with Crippen molar-refractivity contribution in [2.24, 2.45) is 5.73 Å². The summed E-state index contributed by atoms with van der Waals surface area (Å²) >= 11 is 0. The summed E-state index contributed by atoms with van der Waals surface area (Å²) in [6.45, 7) is 1.71. The minimum absolute atomic E-state index is 0.402. The molecule has 0 bridgehead atoms. The van der Waals surface area contributed by atoms with E-state index in [0.717, 1.165) is 11.1 Å². The number of hydrogen-bond acceptors (Lipinski definition) is 3. The minimum atomic E-state index is -0.439. The number of rotatable bonds is 3. The molecule has 5 nitrogen and oxygen atoms in total. The molecule has 0 aliphatic carbocycles. The average Bonchev–Trinajstić information content (AvgIpc) is 2.78. The van der Waals surface area contributed by atoms with Gasteiger partial charge in [-0.15, -0.1) is 0 Å². The zero-order chi connectivity index (χ0) is 11.5. The van der Waals surface area contributed by atoms with Gasteiger partial charge in [-0.05, 0) is 13.0 Å². The van der Waals surface area contributed by atoms with Crippen LogP contribution in [0.2, 0.25) is 0 Å². The van der Waals surface area contributed by atoms with Crippen LogP contribution in [0.1, 0.15) is 13.0 Å². The predicted molar refractivity (Wildman–Crippen MR) is 59.4 cm³/mol. The average molecular weight is 216 g/mol. The van der Waals surface area contributed by atoms with Gasteiger partial charge in [-0.25, -0.2) is 0 Å². The molecule has 0 aliphatic heterocycles. The second-order valence-electron chi connectivity index (χ2n) is 3.53. The van der Waals surface area contributed by atoms with E-state index in [9.17, 15) is 4.79 Å². The molecule has 1 atom stereocenters. The Labute approximate surface area is 92.9 Å². The molecule has 1 amide bonds. The van der Waals surface area contributed by atoms with Gasteiger partial charge in [-0.3, -0.25) is 14.5 Å². The predicted octanol–water partition coefficient (Wildman–Crippen LogP) is 0.991. The summed E-state index contributed by atoms with van der Waals surface area (Å²) in [7, 11) is 0. The van der Waals surface area contributed by atoms with Gasteiger partial charge in [0.05, 0.1) is 6.20 Å². The third-order valence-electron chi connectivity index (χ3n) is 2.40. The van der Waals surface area contributed by atoms with E-state index in [1.807, 2.05) is 12.1 Å². The van der Waals surface area contributed by atoms with Gasteiger partial charge < -0.3 is 5.73 Å². The van der Waals surface area contributed by atoms with Crippen LogP contribution >= 0.6 is 0 Å². The third-order valence-corrected chi connectivity index (χ3v) is 2.40. The van der Waals surface area contributed by atoms with Gasteiger partial charge in [-0.1, -0.05) is 6.07 Å². The summed E-state index contributed by atoms with van der Waals surface area (Å²) in [5, 5.41) is 4.10. The summed E-state index contributed by atoms with van der Waals surface area (Å²) in [5.41, 5.74) is 7.08. The molecule has 5 heteroatoms. The Bertz CT molecular complexity index is 492. The quantitative estimate of drug-likeness (QED) is 0.831. The lowest BCUT2D eigenvalue weighted by Crippen LogP contribution is -2.24. The van der Waals surface area contributed by atoms with Crippen LogP contribution in [0.25, 0.3) is 11.1 Å². The number of hydrogen-bond donors (Lipinski definition) is 1. The zero-order valence-corrected chi connectivity index (χ0v) is 8.87. The Morgan fingerprint density at radius 1 is 1.44 bits per heavy atom. The van der Waals surface area contributed by atoms with Crippen LogP contribution in [0, 0.1) is 0 Å². The third kappa shape index (κ3) is 1.93. The molecule has 82 valence electrons. The van der Waals surface area contributed by atoms with E-state index >= 15 is 0 Å². The van der Waals surface area contributed by atoms with E-state index in [0.29, 0.717) is 0 Å². The molecular weight excluding hydrogens is 204 g/mol. The number of aromatic nitrogens is 3. The minimum Gasteiger partial charge on any atom is -0.368 e. The number of amides is 1. The molecule has 2 aromatic rings. The van der Waals surface area contributed by atoms with Crippen LogP contribution in [-0.2, 0) is 4.79 Å². The van der Waals surface area contributed by atoms with Gasteiger partial charge in [0, 0.05) is 29.7 Å². The SMILES string of the molecule is CC(C(N)=O)n1cc(-c2cccnc2)cn1. The molecule has 0 spiro atoms. The van der Waals surface area contributed by atoms with Gasteiger partial charge in [0.1, 0.15) is 6.04 Å². The fourth-order valence-corrected chi connectivity index (χ4v) is 1.36.